The van der Waals surface area contributed by atoms with Crippen LogP contribution in [0.15, 0.2) is 36.4 Å². The van der Waals surface area contributed by atoms with Gasteiger partial charge in [-0.2, -0.15) is 5.01 Å². The van der Waals surface area contributed by atoms with E-state index in [1.165, 1.54) is 0 Å². The molecule has 1 aliphatic heterocycles. The Labute approximate surface area is 110 Å². The summed E-state index contributed by atoms with van der Waals surface area (Å²) < 4.78 is 19.6. The maximum absolute atomic E-state index is 12.1. The molecular weight excluding hydrogens is 268 g/mol. The van der Waals surface area contributed by atoms with Crippen LogP contribution in [-0.4, -0.2) is 25.6 Å². The number of nitrogens with zero attached hydrogens (tertiary/aromatic N) is 1. The molecule has 6 nitrogen and oxygen atoms in total. The standard InChI is InChI=1S/C12H8N2O4S/c15-11-8-5-1-3-7-4-2-6-9(10(7)8)12(16)14(11)13-19(17)18/h1-6,13H,(H,17,18). The first-order chi connectivity index (χ1) is 9.09. The average molecular weight is 276 g/mol. The maximum Gasteiger partial charge on any atom is 0.276 e. The van der Waals surface area contributed by atoms with Gasteiger partial charge in [-0.1, -0.05) is 24.3 Å². The van der Waals surface area contributed by atoms with E-state index < -0.39 is 23.1 Å². The topological polar surface area (TPSA) is 86.7 Å². The smallest absolute Gasteiger partial charge is 0.276 e. The third-order valence-electron chi connectivity index (χ3n) is 2.94. The molecule has 1 atom stereocenters. The number of benzene rings is 2. The quantitative estimate of drug-likeness (QED) is 0.634. The van der Waals surface area contributed by atoms with Crippen molar-refractivity contribution >= 4 is 33.9 Å². The number of rotatable bonds is 2. The van der Waals surface area contributed by atoms with Crippen molar-refractivity contribution < 1.29 is 18.4 Å². The molecule has 19 heavy (non-hydrogen) atoms. The minimum atomic E-state index is -2.50. The van der Waals surface area contributed by atoms with Gasteiger partial charge in [0.2, 0.25) is 0 Å². The molecule has 0 saturated heterocycles. The molecule has 2 amide bonds. The number of carbonyl (C=O) groups is 2. The highest BCUT2D eigenvalue weighted by Gasteiger charge is 2.33. The SMILES string of the molecule is O=C1c2cccc3cccc(c23)C(=O)N1NS(=O)O. The number of hydrogen-bond acceptors (Lipinski definition) is 3. The van der Waals surface area contributed by atoms with Crippen LogP contribution in [0.3, 0.4) is 0 Å². The average Bonchev–Trinajstić information content (AvgIpc) is 2.40. The minimum absolute atomic E-state index is 0.325. The molecule has 0 bridgehead atoms. The summed E-state index contributed by atoms with van der Waals surface area (Å²) in [6, 6.07) is 10.2. The Kier molecular flexibility index (Phi) is 2.67. The van der Waals surface area contributed by atoms with E-state index in [9.17, 15) is 13.8 Å². The predicted molar refractivity (Wildman–Crippen MR) is 68.4 cm³/mol. The van der Waals surface area contributed by atoms with Crippen LogP contribution >= 0.6 is 0 Å². The van der Waals surface area contributed by atoms with E-state index in [1.54, 1.807) is 36.4 Å². The summed E-state index contributed by atoms with van der Waals surface area (Å²) in [5, 5.41) is 1.91. The summed E-state index contributed by atoms with van der Waals surface area (Å²) in [7, 11) is 0. The van der Waals surface area contributed by atoms with Crippen molar-refractivity contribution in [2.24, 2.45) is 0 Å². The highest BCUT2D eigenvalue weighted by Crippen LogP contribution is 2.29. The number of amides is 2. The van der Waals surface area contributed by atoms with E-state index >= 15 is 0 Å². The van der Waals surface area contributed by atoms with Crippen molar-refractivity contribution in [2.45, 2.75) is 0 Å². The molecule has 7 heteroatoms. The highest BCUT2D eigenvalue weighted by atomic mass is 32.2. The Hall–Kier alpha value is -2.09. The van der Waals surface area contributed by atoms with Crippen molar-refractivity contribution in [3.05, 3.63) is 47.5 Å². The van der Waals surface area contributed by atoms with E-state index in [-0.39, 0.29) is 0 Å². The molecule has 3 rings (SSSR count). The van der Waals surface area contributed by atoms with Gasteiger partial charge >= 0.3 is 0 Å². The Morgan fingerprint density at radius 3 is 2.00 bits per heavy atom. The molecule has 2 aromatic rings. The molecule has 1 unspecified atom stereocenters. The summed E-state index contributed by atoms with van der Waals surface area (Å²) in [6.45, 7) is 0. The molecule has 96 valence electrons. The van der Waals surface area contributed by atoms with Crippen molar-refractivity contribution in [2.75, 3.05) is 0 Å². The van der Waals surface area contributed by atoms with Gasteiger partial charge in [-0.15, -0.1) is 4.83 Å². The zero-order valence-corrected chi connectivity index (χ0v) is 10.3. The first-order valence-electron chi connectivity index (χ1n) is 5.37. The van der Waals surface area contributed by atoms with Crippen molar-refractivity contribution in [1.82, 2.24) is 9.84 Å². The highest BCUT2D eigenvalue weighted by molar-refractivity contribution is 7.77. The second kappa shape index (κ2) is 4.23. The van der Waals surface area contributed by atoms with Gasteiger partial charge < -0.3 is 0 Å². The van der Waals surface area contributed by atoms with E-state index in [0.717, 1.165) is 5.39 Å². The van der Waals surface area contributed by atoms with E-state index in [2.05, 4.69) is 0 Å². The molecule has 0 spiro atoms. The zero-order chi connectivity index (χ0) is 13.6. The van der Waals surface area contributed by atoms with Crippen molar-refractivity contribution in [1.29, 1.82) is 0 Å². The van der Waals surface area contributed by atoms with Crippen molar-refractivity contribution in [3.8, 4) is 0 Å². The van der Waals surface area contributed by atoms with Gasteiger partial charge in [-0.25, -0.2) is 4.21 Å². The Bertz CT molecular complexity index is 693. The first kappa shape index (κ1) is 12.0. The van der Waals surface area contributed by atoms with Gasteiger partial charge in [-0.05, 0) is 17.5 Å². The zero-order valence-electron chi connectivity index (χ0n) is 9.49. The normalized spacial score (nSPS) is 15.9. The molecule has 0 saturated carbocycles. The monoisotopic (exact) mass is 276 g/mol. The van der Waals surface area contributed by atoms with E-state index in [0.29, 0.717) is 21.5 Å². The summed E-state index contributed by atoms with van der Waals surface area (Å²) in [6.07, 6.45) is 0. The van der Waals surface area contributed by atoms with Crippen LogP contribution in [0.5, 0.6) is 0 Å². The second-order valence-corrected chi connectivity index (χ2v) is 4.68. The van der Waals surface area contributed by atoms with Crippen LogP contribution < -0.4 is 4.83 Å². The van der Waals surface area contributed by atoms with Crippen LogP contribution in [0.1, 0.15) is 20.7 Å². The maximum atomic E-state index is 12.1. The summed E-state index contributed by atoms with van der Waals surface area (Å²) in [5.41, 5.74) is 0.649. The summed E-state index contributed by atoms with van der Waals surface area (Å²) in [5.74, 6) is -1.28. The summed E-state index contributed by atoms with van der Waals surface area (Å²) in [4.78, 5) is 26.2. The number of hydrogen-bond donors (Lipinski definition) is 2. The van der Waals surface area contributed by atoms with Gasteiger partial charge in [-0.3, -0.25) is 14.1 Å². The van der Waals surface area contributed by atoms with Crippen LogP contribution in [0.4, 0.5) is 0 Å². The second-order valence-electron chi connectivity index (χ2n) is 4.00. The number of imide groups is 1. The Morgan fingerprint density at radius 1 is 1.00 bits per heavy atom. The molecule has 0 radical (unpaired) electrons. The Morgan fingerprint density at radius 2 is 1.53 bits per heavy atom. The van der Waals surface area contributed by atoms with Crippen LogP contribution in [0.25, 0.3) is 10.8 Å². The Balaban J connectivity index is 2.28. The number of carbonyl (C=O) groups excluding carboxylic acids is 2. The lowest BCUT2D eigenvalue weighted by atomic mass is 9.95. The first-order valence-corrected chi connectivity index (χ1v) is 6.48. The van der Waals surface area contributed by atoms with Gasteiger partial charge in [0.25, 0.3) is 23.1 Å². The van der Waals surface area contributed by atoms with Gasteiger partial charge in [0.05, 0.1) is 11.1 Å². The van der Waals surface area contributed by atoms with Crippen molar-refractivity contribution in [3.63, 3.8) is 0 Å². The van der Waals surface area contributed by atoms with E-state index in [4.69, 9.17) is 4.55 Å². The lowest BCUT2D eigenvalue weighted by Crippen LogP contribution is -2.49. The molecule has 1 aliphatic rings. The van der Waals surface area contributed by atoms with E-state index in [1.807, 2.05) is 4.83 Å². The van der Waals surface area contributed by atoms with Crippen LogP contribution in [-0.2, 0) is 11.3 Å². The molecule has 2 aromatic carbocycles. The molecule has 1 heterocycles. The lowest BCUT2D eigenvalue weighted by molar-refractivity contribution is 0.0572. The molecule has 0 fully saturated rings. The number of nitrogens with one attached hydrogen (secondary N) is 1. The minimum Gasteiger partial charge on any atom is -0.293 e. The number of hydrazine groups is 1. The van der Waals surface area contributed by atoms with Crippen LogP contribution in [0.2, 0.25) is 0 Å². The van der Waals surface area contributed by atoms with Gasteiger partial charge in [0.1, 0.15) is 0 Å². The predicted octanol–water partition coefficient (Wildman–Crippen LogP) is 1.08. The summed E-state index contributed by atoms with van der Waals surface area (Å²) >= 11 is -2.50. The fraction of sp³-hybridized carbons (Fsp3) is 0. The van der Waals surface area contributed by atoms with Crippen LogP contribution in [0, 0.1) is 0 Å². The molecule has 0 aromatic heterocycles. The van der Waals surface area contributed by atoms with Gasteiger partial charge in [0, 0.05) is 5.39 Å². The molecule has 2 N–H and O–H groups in total. The third kappa shape index (κ3) is 1.75. The fourth-order valence-electron chi connectivity index (χ4n) is 2.19. The third-order valence-corrected chi connectivity index (χ3v) is 3.28. The van der Waals surface area contributed by atoms with Gasteiger partial charge in [0.15, 0.2) is 0 Å². The fourth-order valence-corrected chi connectivity index (χ4v) is 2.51. The largest absolute Gasteiger partial charge is 0.293 e. The lowest BCUT2D eigenvalue weighted by Gasteiger charge is -2.25. The molecular formula is C12H8N2O4S. The molecule has 0 aliphatic carbocycles.